The van der Waals surface area contributed by atoms with Crippen molar-refractivity contribution in [2.75, 3.05) is 20.3 Å². The Morgan fingerprint density at radius 3 is 2.86 bits per heavy atom. The zero-order valence-electron chi connectivity index (χ0n) is 11.6. The molecule has 0 spiro atoms. The first-order chi connectivity index (χ1) is 10.2. The predicted molar refractivity (Wildman–Crippen MR) is 79.3 cm³/mol. The molecule has 0 aliphatic rings. The second kappa shape index (κ2) is 7.93. The van der Waals surface area contributed by atoms with Crippen molar-refractivity contribution in [3.8, 4) is 11.6 Å². The van der Waals surface area contributed by atoms with E-state index in [0.717, 1.165) is 12.1 Å². The topological polar surface area (TPSA) is 43.4 Å². The van der Waals surface area contributed by atoms with Crippen LogP contribution in [0.2, 0.25) is 5.02 Å². The summed E-state index contributed by atoms with van der Waals surface area (Å²) in [5, 5.41) is 3.22. The molecule has 0 fully saturated rings. The lowest BCUT2D eigenvalue weighted by Crippen LogP contribution is -2.18. The Hall–Kier alpha value is -1.69. The van der Waals surface area contributed by atoms with Crippen LogP contribution >= 0.6 is 11.6 Å². The number of nitrogens with zero attached hydrogens (tertiary/aromatic N) is 1. The van der Waals surface area contributed by atoms with E-state index >= 15 is 0 Å². The first-order valence-corrected chi connectivity index (χ1v) is 6.85. The maximum absolute atomic E-state index is 13.7. The van der Waals surface area contributed by atoms with Gasteiger partial charge in [0.05, 0.1) is 11.6 Å². The molecule has 0 saturated heterocycles. The molecule has 0 amide bonds. The predicted octanol–water partition coefficient (Wildman–Crippen LogP) is 3.40. The smallest absolute Gasteiger partial charge is 0.219 e. The molecule has 0 aliphatic heterocycles. The van der Waals surface area contributed by atoms with Gasteiger partial charge in [-0.1, -0.05) is 23.7 Å². The van der Waals surface area contributed by atoms with E-state index in [0.29, 0.717) is 19.0 Å². The summed E-state index contributed by atoms with van der Waals surface area (Å²) in [6, 6.07) is 8.14. The third-order valence-corrected chi connectivity index (χ3v) is 3.03. The molecule has 0 bridgehead atoms. The minimum Gasteiger partial charge on any atom is -0.436 e. The van der Waals surface area contributed by atoms with Crippen molar-refractivity contribution in [3.05, 3.63) is 52.9 Å². The zero-order chi connectivity index (χ0) is 15.1. The maximum atomic E-state index is 13.7. The normalized spacial score (nSPS) is 10.6. The van der Waals surface area contributed by atoms with Crippen LogP contribution in [0, 0.1) is 5.82 Å². The van der Waals surface area contributed by atoms with Gasteiger partial charge in [-0.15, -0.1) is 0 Å². The largest absolute Gasteiger partial charge is 0.436 e. The average molecular weight is 311 g/mol. The standard InChI is InChI=1S/C15H16ClFN2O2/c1-20-8-7-18-9-11-5-6-14(19-10-11)21-13-4-2-3-12(16)15(13)17/h2-6,10,18H,7-9H2,1H3. The number of hydrogen-bond acceptors (Lipinski definition) is 4. The number of ether oxygens (including phenoxy) is 2. The highest BCUT2D eigenvalue weighted by Crippen LogP contribution is 2.27. The number of methoxy groups -OCH3 is 1. The average Bonchev–Trinajstić information content (AvgIpc) is 2.50. The van der Waals surface area contributed by atoms with E-state index in [1.54, 1.807) is 25.4 Å². The van der Waals surface area contributed by atoms with Gasteiger partial charge in [0.1, 0.15) is 0 Å². The van der Waals surface area contributed by atoms with Crippen LogP contribution in [-0.2, 0) is 11.3 Å². The third kappa shape index (κ3) is 4.67. The van der Waals surface area contributed by atoms with Gasteiger partial charge in [0.25, 0.3) is 0 Å². The van der Waals surface area contributed by atoms with Crippen molar-refractivity contribution in [3.63, 3.8) is 0 Å². The number of halogens is 2. The summed E-state index contributed by atoms with van der Waals surface area (Å²) in [6.45, 7) is 2.10. The van der Waals surface area contributed by atoms with Gasteiger partial charge in [-0.25, -0.2) is 9.37 Å². The Balaban J connectivity index is 1.94. The number of nitrogens with one attached hydrogen (secondary N) is 1. The summed E-state index contributed by atoms with van der Waals surface area (Å²) in [6.07, 6.45) is 1.68. The number of rotatable bonds is 7. The van der Waals surface area contributed by atoms with Crippen LogP contribution in [0.25, 0.3) is 0 Å². The quantitative estimate of drug-likeness (QED) is 0.796. The molecule has 0 aliphatic carbocycles. The van der Waals surface area contributed by atoms with Gasteiger partial charge >= 0.3 is 0 Å². The fraction of sp³-hybridized carbons (Fsp3) is 0.267. The second-order valence-electron chi connectivity index (χ2n) is 4.33. The van der Waals surface area contributed by atoms with Gasteiger partial charge in [0.15, 0.2) is 11.6 Å². The Kier molecular flexibility index (Phi) is 5.92. The van der Waals surface area contributed by atoms with Crippen LogP contribution in [0.15, 0.2) is 36.5 Å². The van der Waals surface area contributed by atoms with Crippen molar-refractivity contribution in [1.82, 2.24) is 10.3 Å². The van der Waals surface area contributed by atoms with Gasteiger partial charge < -0.3 is 14.8 Å². The SMILES string of the molecule is COCCNCc1ccc(Oc2cccc(Cl)c2F)nc1. The second-order valence-corrected chi connectivity index (χ2v) is 4.74. The minimum absolute atomic E-state index is 0.0199. The fourth-order valence-electron chi connectivity index (χ4n) is 1.66. The van der Waals surface area contributed by atoms with Crippen LogP contribution in [-0.4, -0.2) is 25.2 Å². The summed E-state index contributed by atoms with van der Waals surface area (Å²) >= 11 is 5.69. The van der Waals surface area contributed by atoms with Gasteiger partial charge in [0, 0.05) is 32.5 Å². The number of benzene rings is 1. The Labute approximate surface area is 127 Å². The molecular weight excluding hydrogens is 295 g/mol. The van der Waals surface area contributed by atoms with E-state index in [1.807, 2.05) is 6.07 Å². The van der Waals surface area contributed by atoms with E-state index in [4.69, 9.17) is 21.1 Å². The van der Waals surface area contributed by atoms with E-state index in [1.165, 1.54) is 12.1 Å². The van der Waals surface area contributed by atoms with Crippen molar-refractivity contribution < 1.29 is 13.9 Å². The lowest BCUT2D eigenvalue weighted by Gasteiger charge is -2.08. The molecule has 21 heavy (non-hydrogen) atoms. The van der Waals surface area contributed by atoms with Crippen LogP contribution in [0.3, 0.4) is 0 Å². The highest BCUT2D eigenvalue weighted by atomic mass is 35.5. The molecule has 0 atom stereocenters. The molecule has 1 aromatic carbocycles. The van der Waals surface area contributed by atoms with Crippen LogP contribution in [0.1, 0.15) is 5.56 Å². The molecule has 6 heteroatoms. The molecule has 2 rings (SSSR count). The van der Waals surface area contributed by atoms with E-state index < -0.39 is 5.82 Å². The molecule has 1 aromatic heterocycles. The van der Waals surface area contributed by atoms with E-state index in [-0.39, 0.29) is 10.8 Å². The molecule has 1 heterocycles. The van der Waals surface area contributed by atoms with Crippen molar-refractivity contribution in [1.29, 1.82) is 0 Å². The first kappa shape index (κ1) is 15.7. The van der Waals surface area contributed by atoms with Crippen molar-refractivity contribution >= 4 is 11.6 Å². The number of pyridine rings is 1. The lowest BCUT2D eigenvalue weighted by molar-refractivity contribution is 0.199. The molecular formula is C15H16ClFN2O2. The summed E-state index contributed by atoms with van der Waals surface area (Å²) in [7, 11) is 1.66. The molecule has 0 radical (unpaired) electrons. The molecule has 4 nitrogen and oxygen atoms in total. The summed E-state index contributed by atoms with van der Waals surface area (Å²) in [5.41, 5.74) is 1.00. The Morgan fingerprint density at radius 1 is 1.29 bits per heavy atom. The summed E-state index contributed by atoms with van der Waals surface area (Å²) < 4.78 is 24.0. The van der Waals surface area contributed by atoms with Gasteiger partial charge in [-0.05, 0) is 17.7 Å². The fourth-order valence-corrected chi connectivity index (χ4v) is 1.82. The lowest BCUT2D eigenvalue weighted by atomic mass is 10.3. The molecule has 0 unspecified atom stereocenters. The third-order valence-electron chi connectivity index (χ3n) is 2.74. The summed E-state index contributed by atoms with van der Waals surface area (Å²) in [5.74, 6) is -0.218. The van der Waals surface area contributed by atoms with Crippen molar-refractivity contribution in [2.45, 2.75) is 6.54 Å². The summed E-state index contributed by atoms with van der Waals surface area (Å²) in [4.78, 5) is 4.14. The zero-order valence-corrected chi connectivity index (χ0v) is 12.4. The molecule has 112 valence electrons. The number of aromatic nitrogens is 1. The highest BCUT2D eigenvalue weighted by molar-refractivity contribution is 6.30. The molecule has 1 N–H and O–H groups in total. The monoisotopic (exact) mass is 310 g/mol. The van der Waals surface area contributed by atoms with Crippen LogP contribution < -0.4 is 10.1 Å². The minimum atomic E-state index is -0.591. The van der Waals surface area contributed by atoms with Gasteiger partial charge in [-0.3, -0.25) is 0 Å². The van der Waals surface area contributed by atoms with Crippen molar-refractivity contribution in [2.24, 2.45) is 0 Å². The van der Waals surface area contributed by atoms with E-state index in [2.05, 4.69) is 10.3 Å². The molecule has 2 aromatic rings. The van der Waals surface area contributed by atoms with Crippen LogP contribution in [0.5, 0.6) is 11.6 Å². The first-order valence-electron chi connectivity index (χ1n) is 6.47. The Bertz CT molecular complexity index is 578. The van der Waals surface area contributed by atoms with E-state index in [9.17, 15) is 4.39 Å². The maximum Gasteiger partial charge on any atom is 0.219 e. The number of hydrogen-bond donors (Lipinski definition) is 1. The Morgan fingerprint density at radius 2 is 2.14 bits per heavy atom. The molecule has 0 saturated carbocycles. The van der Waals surface area contributed by atoms with Gasteiger partial charge in [-0.2, -0.15) is 0 Å². The highest BCUT2D eigenvalue weighted by Gasteiger charge is 2.08. The van der Waals surface area contributed by atoms with Crippen LogP contribution in [0.4, 0.5) is 4.39 Å². The van der Waals surface area contributed by atoms with Gasteiger partial charge in [0.2, 0.25) is 5.88 Å².